The molecule has 1 aromatic rings. The molecule has 0 spiro atoms. The highest BCUT2D eigenvalue weighted by molar-refractivity contribution is 6.31. The van der Waals surface area contributed by atoms with Crippen LogP contribution in [0.4, 0.5) is 5.69 Å². The van der Waals surface area contributed by atoms with E-state index in [0.717, 1.165) is 0 Å². The van der Waals surface area contributed by atoms with E-state index in [1.165, 1.54) is 18.2 Å². The minimum atomic E-state index is -0.580. The maximum absolute atomic E-state index is 10.6. The molecule has 0 amide bonds. The van der Waals surface area contributed by atoms with Gasteiger partial charge in [-0.25, -0.2) is 0 Å². The maximum atomic E-state index is 10.6. The van der Waals surface area contributed by atoms with Crippen molar-refractivity contribution < 1.29 is 4.92 Å². The summed E-state index contributed by atoms with van der Waals surface area (Å²) in [5, 5.41) is 19.6. The second-order valence-corrected chi connectivity index (χ2v) is 3.19. The SMILES string of the molecule is CC(C#N)c1c(Cl)cccc1[N+](=O)[O-]. The van der Waals surface area contributed by atoms with Gasteiger partial charge in [0.2, 0.25) is 0 Å². The Kier molecular flexibility index (Phi) is 3.05. The minimum absolute atomic E-state index is 0.105. The predicted octanol–water partition coefficient (Wildman–Crippen LogP) is 2.88. The van der Waals surface area contributed by atoms with Crippen molar-refractivity contribution in [3.63, 3.8) is 0 Å². The molecule has 0 heterocycles. The maximum Gasteiger partial charge on any atom is 0.275 e. The van der Waals surface area contributed by atoms with Gasteiger partial charge < -0.3 is 0 Å². The van der Waals surface area contributed by atoms with Gasteiger partial charge in [0.1, 0.15) is 0 Å². The molecular weight excluding hydrogens is 204 g/mol. The van der Waals surface area contributed by atoms with E-state index in [-0.39, 0.29) is 16.3 Å². The van der Waals surface area contributed by atoms with Gasteiger partial charge in [0.15, 0.2) is 0 Å². The molecule has 0 aromatic heterocycles. The van der Waals surface area contributed by atoms with Gasteiger partial charge in [0, 0.05) is 6.07 Å². The van der Waals surface area contributed by atoms with Crippen LogP contribution in [0.1, 0.15) is 18.4 Å². The molecule has 1 rings (SSSR count). The molecule has 1 unspecified atom stereocenters. The van der Waals surface area contributed by atoms with E-state index in [9.17, 15) is 10.1 Å². The van der Waals surface area contributed by atoms with E-state index < -0.39 is 10.8 Å². The molecule has 0 aliphatic carbocycles. The number of hydrogen-bond donors (Lipinski definition) is 0. The largest absolute Gasteiger partial charge is 0.275 e. The lowest BCUT2D eigenvalue weighted by atomic mass is 10.0. The third-order valence-corrected chi connectivity index (χ3v) is 2.18. The van der Waals surface area contributed by atoms with Crippen LogP contribution in [0.25, 0.3) is 0 Å². The number of nitro groups is 1. The fraction of sp³-hybridized carbons (Fsp3) is 0.222. The number of nitrogens with zero attached hydrogens (tertiary/aromatic N) is 2. The molecule has 4 nitrogen and oxygen atoms in total. The zero-order valence-electron chi connectivity index (χ0n) is 7.40. The zero-order valence-corrected chi connectivity index (χ0v) is 8.15. The summed E-state index contributed by atoms with van der Waals surface area (Å²) in [5.41, 5.74) is 0.174. The summed E-state index contributed by atoms with van der Waals surface area (Å²) in [6.07, 6.45) is 0. The first-order chi connectivity index (χ1) is 6.57. The number of nitro benzene ring substituents is 1. The van der Waals surface area contributed by atoms with Crippen molar-refractivity contribution in [1.82, 2.24) is 0 Å². The Morgan fingerprint density at radius 1 is 1.64 bits per heavy atom. The zero-order chi connectivity index (χ0) is 10.7. The number of nitriles is 1. The van der Waals surface area contributed by atoms with Crippen LogP contribution in [0.15, 0.2) is 18.2 Å². The number of benzene rings is 1. The highest BCUT2D eigenvalue weighted by Gasteiger charge is 2.21. The Labute approximate surface area is 85.9 Å². The topological polar surface area (TPSA) is 66.9 Å². The molecule has 1 atom stereocenters. The van der Waals surface area contributed by atoms with Crippen molar-refractivity contribution in [3.8, 4) is 6.07 Å². The van der Waals surface area contributed by atoms with Crippen LogP contribution < -0.4 is 0 Å². The number of hydrogen-bond acceptors (Lipinski definition) is 3. The van der Waals surface area contributed by atoms with E-state index in [4.69, 9.17) is 16.9 Å². The van der Waals surface area contributed by atoms with Crippen LogP contribution >= 0.6 is 11.6 Å². The third kappa shape index (κ3) is 1.83. The Morgan fingerprint density at radius 2 is 2.29 bits per heavy atom. The fourth-order valence-corrected chi connectivity index (χ4v) is 1.51. The van der Waals surface area contributed by atoms with Gasteiger partial charge in [0.05, 0.1) is 27.5 Å². The summed E-state index contributed by atoms with van der Waals surface area (Å²) in [4.78, 5) is 10.1. The van der Waals surface area contributed by atoms with E-state index in [0.29, 0.717) is 0 Å². The first-order valence-corrected chi connectivity index (χ1v) is 4.28. The summed E-state index contributed by atoms with van der Waals surface area (Å²) in [6.45, 7) is 1.58. The monoisotopic (exact) mass is 210 g/mol. The average Bonchev–Trinajstić information content (AvgIpc) is 2.16. The molecule has 5 heteroatoms. The summed E-state index contributed by atoms with van der Waals surface area (Å²) < 4.78 is 0. The molecule has 0 bridgehead atoms. The molecule has 72 valence electrons. The van der Waals surface area contributed by atoms with Crippen LogP contribution in [-0.2, 0) is 0 Å². The summed E-state index contributed by atoms with van der Waals surface area (Å²) >= 11 is 5.79. The van der Waals surface area contributed by atoms with Crippen molar-refractivity contribution in [2.75, 3.05) is 0 Å². The first kappa shape index (κ1) is 10.5. The third-order valence-electron chi connectivity index (χ3n) is 1.85. The van der Waals surface area contributed by atoms with Gasteiger partial charge in [-0.2, -0.15) is 5.26 Å². The highest BCUT2D eigenvalue weighted by atomic mass is 35.5. The van der Waals surface area contributed by atoms with Gasteiger partial charge in [0.25, 0.3) is 5.69 Å². The lowest BCUT2D eigenvalue weighted by molar-refractivity contribution is -0.385. The van der Waals surface area contributed by atoms with E-state index >= 15 is 0 Å². The lowest BCUT2D eigenvalue weighted by Gasteiger charge is -2.05. The second kappa shape index (κ2) is 4.07. The van der Waals surface area contributed by atoms with Gasteiger partial charge >= 0.3 is 0 Å². The van der Waals surface area contributed by atoms with E-state index in [1.54, 1.807) is 6.92 Å². The van der Waals surface area contributed by atoms with Gasteiger partial charge in [-0.15, -0.1) is 0 Å². The summed E-state index contributed by atoms with van der Waals surface area (Å²) in [6, 6.07) is 6.30. The smallest absolute Gasteiger partial charge is 0.258 e. The minimum Gasteiger partial charge on any atom is -0.258 e. The Morgan fingerprint density at radius 3 is 2.79 bits per heavy atom. The quantitative estimate of drug-likeness (QED) is 0.557. The molecule has 0 aliphatic heterocycles. The molecule has 1 aromatic carbocycles. The van der Waals surface area contributed by atoms with Crippen LogP contribution in [0.3, 0.4) is 0 Å². The summed E-state index contributed by atoms with van der Waals surface area (Å²) in [7, 11) is 0. The summed E-state index contributed by atoms with van der Waals surface area (Å²) in [5.74, 6) is -0.580. The predicted molar refractivity (Wildman–Crippen MR) is 52.1 cm³/mol. The van der Waals surface area contributed by atoms with Crippen LogP contribution in [0.5, 0.6) is 0 Å². The van der Waals surface area contributed by atoms with E-state index in [1.807, 2.05) is 6.07 Å². The van der Waals surface area contributed by atoms with E-state index in [2.05, 4.69) is 0 Å². The molecule has 0 aliphatic rings. The Hall–Kier alpha value is -1.60. The van der Waals surface area contributed by atoms with Gasteiger partial charge in [-0.3, -0.25) is 10.1 Å². The molecule has 14 heavy (non-hydrogen) atoms. The van der Waals surface area contributed by atoms with Crippen LogP contribution in [0, 0.1) is 21.4 Å². The Bertz CT molecular complexity index is 412. The Balaban J connectivity index is 3.38. The molecule has 0 N–H and O–H groups in total. The van der Waals surface area contributed by atoms with Gasteiger partial charge in [-0.05, 0) is 13.0 Å². The van der Waals surface area contributed by atoms with Crippen LogP contribution in [-0.4, -0.2) is 4.92 Å². The molecule has 0 radical (unpaired) electrons. The standard InChI is InChI=1S/C9H7ClN2O2/c1-6(5-11)9-7(10)3-2-4-8(9)12(13)14/h2-4,6H,1H3. The number of rotatable bonds is 2. The second-order valence-electron chi connectivity index (χ2n) is 2.78. The molecular formula is C9H7ClN2O2. The molecule has 0 saturated carbocycles. The van der Waals surface area contributed by atoms with Crippen molar-refractivity contribution in [2.45, 2.75) is 12.8 Å². The van der Waals surface area contributed by atoms with Crippen molar-refractivity contribution in [1.29, 1.82) is 5.26 Å². The average molecular weight is 211 g/mol. The van der Waals surface area contributed by atoms with Gasteiger partial charge in [-0.1, -0.05) is 17.7 Å². The molecule has 0 fully saturated rings. The van der Waals surface area contributed by atoms with Crippen molar-refractivity contribution in [3.05, 3.63) is 38.9 Å². The fourth-order valence-electron chi connectivity index (χ4n) is 1.18. The van der Waals surface area contributed by atoms with Crippen molar-refractivity contribution >= 4 is 17.3 Å². The molecule has 0 saturated heterocycles. The normalized spacial score (nSPS) is 11.8. The van der Waals surface area contributed by atoms with Crippen molar-refractivity contribution in [2.24, 2.45) is 0 Å². The lowest BCUT2D eigenvalue weighted by Crippen LogP contribution is -1.98. The highest BCUT2D eigenvalue weighted by Crippen LogP contribution is 2.32. The number of halogens is 1. The first-order valence-electron chi connectivity index (χ1n) is 3.90. The van der Waals surface area contributed by atoms with Crippen LogP contribution in [0.2, 0.25) is 5.02 Å².